The predicted molar refractivity (Wildman–Crippen MR) is 140 cm³/mol. The third kappa shape index (κ3) is 4.43. The summed E-state index contributed by atoms with van der Waals surface area (Å²) < 4.78 is 44.1. The summed E-state index contributed by atoms with van der Waals surface area (Å²) in [5, 5.41) is 1.53. The Morgan fingerprint density at radius 3 is 1.97 bits per heavy atom. The summed E-state index contributed by atoms with van der Waals surface area (Å²) in [6.07, 6.45) is -1.10. The lowest BCUT2D eigenvalue weighted by molar-refractivity contribution is -0.126. The third-order valence-electron chi connectivity index (χ3n) is 6.67. The minimum atomic E-state index is -4.04. The van der Waals surface area contributed by atoms with E-state index >= 15 is 0 Å². The number of hydroxylamine groups is 1. The largest absolute Gasteiger partial charge is 0.379 e. The lowest BCUT2D eigenvalue weighted by Crippen LogP contribution is -2.37. The van der Waals surface area contributed by atoms with Crippen molar-refractivity contribution in [3.63, 3.8) is 0 Å². The number of halogens is 1. The molecule has 10 heteroatoms. The fraction of sp³-hybridized carbons (Fsp3) is 0.103. The number of imide groups is 1. The number of hydrogen-bond acceptors (Lipinski definition) is 7. The zero-order valence-corrected chi connectivity index (χ0v) is 21.1. The highest BCUT2D eigenvalue weighted by Crippen LogP contribution is 2.47. The van der Waals surface area contributed by atoms with Gasteiger partial charge in [-0.25, -0.2) is 14.4 Å². The van der Waals surface area contributed by atoms with Crippen LogP contribution in [0, 0.1) is 11.7 Å². The molecule has 0 spiro atoms. The van der Waals surface area contributed by atoms with E-state index in [1.54, 1.807) is 42.5 Å². The number of fused-ring (bicyclic) bond motifs is 1. The van der Waals surface area contributed by atoms with Gasteiger partial charge in [0.05, 0.1) is 17.4 Å². The van der Waals surface area contributed by atoms with Crippen molar-refractivity contribution in [1.29, 1.82) is 0 Å². The molecule has 2 fully saturated rings. The molecule has 196 valence electrons. The molecule has 0 bridgehead atoms. The number of nitrogens with zero attached hydrogens (tertiary/aromatic N) is 2. The van der Waals surface area contributed by atoms with Crippen LogP contribution in [0.15, 0.2) is 114 Å². The molecular weight excluding hydrogens is 523 g/mol. The number of amides is 2. The molecule has 4 aromatic rings. The molecule has 0 unspecified atom stereocenters. The van der Waals surface area contributed by atoms with Crippen molar-refractivity contribution >= 4 is 33.3 Å². The van der Waals surface area contributed by atoms with Crippen LogP contribution in [0.1, 0.15) is 11.6 Å². The minimum Gasteiger partial charge on any atom is -0.379 e. The zero-order chi connectivity index (χ0) is 27.1. The first-order chi connectivity index (χ1) is 18.8. The quantitative estimate of drug-likeness (QED) is 0.258. The molecule has 2 heterocycles. The van der Waals surface area contributed by atoms with Crippen LogP contribution < -0.4 is 14.1 Å². The second-order valence-corrected chi connectivity index (χ2v) is 10.6. The van der Waals surface area contributed by atoms with Gasteiger partial charge in [-0.2, -0.15) is 8.42 Å². The van der Waals surface area contributed by atoms with Gasteiger partial charge in [0.15, 0.2) is 6.10 Å². The number of anilines is 2. The van der Waals surface area contributed by atoms with Gasteiger partial charge in [-0.15, -0.1) is 0 Å². The van der Waals surface area contributed by atoms with Crippen molar-refractivity contribution in [2.24, 2.45) is 5.92 Å². The van der Waals surface area contributed by atoms with E-state index in [0.29, 0.717) is 11.3 Å². The number of rotatable bonds is 6. The van der Waals surface area contributed by atoms with Crippen LogP contribution in [-0.4, -0.2) is 26.3 Å². The first kappa shape index (κ1) is 24.8. The standard InChI is InChI=1S/C29H21FN2O6S/c30-20-13-15-21(16-14-20)31-28(33)25-26(32(37-27(25)29(31)34)22-7-3-1-4-8-22)19-11-17-23(18-12-19)38-39(35,36)24-9-5-2-6-10-24/h1-18,25-27H/t25-,26-,27+/m1/s1. The maximum Gasteiger partial charge on any atom is 0.339 e. The molecule has 39 heavy (non-hydrogen) atoms. The average Bonchev–Trinajstić information content (AvgIpc) is 3.46. The highest BCUT2D eigenvalue weighted by molar-refractivity contribution is 7.87. The smallest absolute Gasteiger partial charge is 0.339 e. The van der Waals surface area contributed by atoms with Gasteiger partial charge in [-0.05, 0) is 66.2 Å². The summed E-state index contributed by atoms with van der Waals surface area (Å²) in [5.41, 5.74) is 1.50. The second-order valence-electron chi connectivity index (χ2n) is 9.07. The van der Waals surface area contributed by atoms with Crippen LogP contribution >= 0.6 is 0 Å². The molecule has 2 saturated heterocycles. The first-order valence-electron chi connectivity index (χ1n) is 12.1. The Morgan fingerprint density at radius 2 is 1.33 bits per heavy atom. The summed E-state index contributed by atoms with van der Waals surface area (Å²) in [4.78, 5) is 34.1. The maximum absolute atomic E-state index is 13.7. The van der Waals surface area contributed by atoms with Crippen LogP contribution in [0.4, 0.5) is 15.8 Å². The number of carbonyl (C=O) groups is 2. The van der Waals surface area contributed by atoms with E-state index in [4.69, 9.17) is 9.02 Å². The van der Waals surface area contributed by atoms with Crippen LogP contribution in [0.25, 0.3) is 0 Å². The summed E-state index contributed by atoms with van der Waals surface area (Å²) in [5.74, 6) is -2.33. The van der Waals surface area contributed by atoms with Crippen molar-refractivity contribution in [3.8, 4) is 5.75 Å². The highest BCUT2D eigenvalue weighted by atomic mass is 32.2. The molecule has 0 radical (unpaired) electrons. The molecule has 6 rings (SSSR count). The van der Waals surface area contributed by atoms with E-state index < -0.39 is 45.8 Å². The summed E-state index contributed by atoms with van der Waals surface area (Å²) in [7, 11) is -4.04. The van der Waals surface area contributed by atoms with Gasteiger partial charge in [-0.3, -0.25) is 14.4 Å². The van der Waals surface area contributed by atoms with E-state index in [1.165, 1.54) is 53.6 Å². The number of hydrogen-bond donors (Lipinski definition) is 0. The third-order valence-corrected chi connectivity index (χ3v) is 7.93. The Balaban J connectivity index is 1.34. The van der Waals surface area contributed by atoms with Gasteiger partial charge in [-0.1, -0.05) is 48.5 Å². The minimum absolute atomic E-state index is 0.0207. The molecule has 0 aromatic heterocycles. The summed E-state index contributed by atoms with van der Waals surface area (Å²) in [6.45, 7) is 0. The van der Waals surface area contributed by atoms with Crippen LogP contribution in [0.5, 0.6) is 5.75 Å². The summed E-state index contributed by atoms with van der Waals surface area (Å²) >= 11 is 0. The Hall–Kier alpha value is -4.54. The number of benzene rings is 4. The fourth-order valence-corrected chi connectivity index (χ4v) is 5.83. The Bertz CT molecular complexity index is 1630. The zero-order valence-electron chi connectivity index (χ0n) is 20.3. The molecule has 0 aliphatic carbocycles. The lowest BCUT2D eigenvalue weighted by Gasteiger charge is -2.28. The number of carbonyl (C=O) groups excluding carboxylic acids is 2. The van der Waals surface area contributed by atoms with Gasteiger partial charge in [0.25, 0.3) is 5.91 Å². The molecule has 0 N–H and O–H groups in total. The molecule has 3 atom stereocenters. The van der Waals surface area contributed by atoms with E-state index in [1.807, 2.05) is 18.2 Å². The van der Waals surface area contributed by atoms with Crippen molar-refractivity contribution < 1.29 is 31.4 Å². The van der Waals surface area contributed by atoms with E-state index in [9.17, 15) is 22.4 Å². The molecule has 2 aliphatic heterocycles. The SMILES string of the molecule is O=C1[C@H]2[C@H](ON(c3ccccc3)[C@@H]2c2ccc(OS(=O)(=O)c3ccccc3)cc2)C(=O)N1c1ccc(F)cc1. The highest BCUT2D eigenvalue weighted by Gasteiger charge is 2.60. The van der Waals surface area contributed by atoms with Crippen molar-refractivity contribution in [1.82, 2.24) is 0 Å². The van der Waals surface area contributed by atoms with Crippen molar-refractivity contribution in [2.75, 3.05) is 9.96 Å². The van der Waals surface area contributed by atoms with Crippen LogP contribution in [0.3, 0.4) is 0 Å². The van der Waals surface area contributed by atoms with Crippen LogP contribution in [0.2, 0.25) is 0 Å². The van der Waals surface area contributed by atoms with Gasteiger partial charge in [0.2, 0.25) is 5.91 Å². The molecule has 2 amide bonds. The van der Waals surface area contributed by atoms with E-state index in [0.717, 1.165) is 4.90 Å². The molecule has 8 nitrogen and oxygen atoms in total. The molecule has 0 saturated carbocycles. The van der Waals surface area contributed by atoms with Gasteiger partial charge in [0.1, 0.15) is 22.4 Å². The molecule has 4 aromatic carbocycles. The Kier molecular flexibility index (Phi) is 6.13. The van der Waals surface area contributed by atoms with E-state index in [2.05, 4.69) is 0 Å². The Morgan fingerprint density at radius 1 is 0.718 bits per heavy atom. The predicted octanol–water partition coefficient (Wildman–Crippen LogP) is 4.64. The normalized spacial score (nSPS) is 20.8. The maximum atomic E-state index is 13.7. The Labute approximate surface area is 223 Å². The van der Waals surface area contributed by atoms with Crippen molar-refractivity contribution in [2.45, 2.75) is 17.0 Å². The summed E-state index contributed by atoms with van der Waals surface area (Å²) in [6, 6.07) is 27.5. The monoisotopic (exact) mass is 544 g/mol. The first-order valence-corrected chi connectivity index (χ1v) is 13.5. The average molecular weight is 545 g/mol. The topological polar surface area (TPSA) is 93.2 Å². The number of para-hydroxylation sites is 1. The van der Waals surface area contributed by atoms with E-state index in [-0.39, 0.29) is 16.3 Å². The molecule has 2 aliphatic rings. The fourth-order valence-electron chi connectivity index (χ4n) is 4.88. The van der Waals surface area contributed by atoms with Gasteiger partial charge in [0, 0.05) is 0 Å². The van der Waals surface area contributed by atoms with Gasteiger partial charge >= 0.3 is 10.1 Å². The second kappa shape index (κ2) is 9.64. The molecular formula is C29H21FN2O6S. The van der Waals surface area contributed by atoms with Crippen molar-refractivity contribution in [3.05, 3.63) is 121 Å². The van der Waals surface area contributed by atoms with Crippen LogP contribution in [-0.2, 0) is 24.5 Å². The van der Waals surface area contributed by atoms with Gasteiger partial charge < -0.3 is 4.18 Å². The lowest BCUT2D eigenvalue weighted by atomic mass is 9.90.